The minimum Gasteiger partial charge on any atom is -0.467 e. The second kappa shape index (κ2) is 7.74. The van der Waals surface area contributed by atoms with Gasteiger partial charge in [0.25, 0.3) is 0 Å². The number of methoxy groups -OCH3 is 1. The lowest BCUT2D eigenvalue weighted by Gasteiger charge is -2.26. The molecule has 0 amide bonds. The third-order valence-electron chi connectivity index (χ3n) is 4.26. The van der Waals surface area contributed by atoms with Crippen molar-refractivity contribution < 1.29 is 17.9 Å². The van der Waals surface area contributed by atoms with Gasteiger partial charge in [0.15, 0.2) is 5.82 Å². The Bertz CT molecular complexity index is 922. The quantitative estimate of drug-likeness (QED) is 0.690. The number of nitrogens with one attached hydrogen (secondary N) is 1. The van der Waals surface area contributed by atoms with Crippen LogP contribution in [0, 0.1) is 13.8 Å². The molecule has 1 aliphatic heterocycles. The monoisotopic (exact) mass is 397 g/mol. The van der Waals surface area contributed by atoms with E-state index in [0.717, 1.165) is 0 Å². The van der Waals surface area contributed by atoms with E-state index in [0.29, 0.717) is 43.6 Å². The fraction of sp³-hybridized carbons (Fsp3) is 0.600. The Hall–Kier alpha value is -2.31. The molecule has 3 rings (SSSR count). The first kappa shape index (κ1) is 19.5. The third kappa shape index (κ3) is 4.17. The summed E-state index contributed by atoms with van der Waals surface area (Å²) in [5, 5.41) is 4.15. The summed E-state index contributed by atoms with van der Waals surface area (Å²) in [5.74, 6) is 0.708. The third-order valence-corrected chi connectivity index (χ3v) is 5.91. The molecule has 12 heteroatoms. The Morgan fingerprint density at radius 1 is 1.19 bits per heavy atom. The van der Waals surface area contributed by atoms with Crippen molar-refractivity contribution >= 4 is 16.0 Å². The molecule has 0 saturated carbocycles. The highest BCUT2D eigenvalue weighted by atomic mass is 32.2. The molecule has 0 unspecified atom stereocenters. The standard InChI is InChI=1S/C15H23N7O4S/c1-10-13(11(2)21(3)20-10)27(23,24)16-9-12-17-14(19-15(18-12)25-4)22-5-7-26-8-6-22/h16H,5-9H2,1-4H3. The fourth-order valence-electron chi connectivity index (χ4n) is 2.84. The zero-order valence-electron chi connectivity index (χ0n) is 15.8. The first-order valence-corrected chi connectivity index (χ1v) is 9.91. The summed E-state index contributed by atoms with van der Waals surface area (Å²) in [7, 11) is -0.610. The van der Waals surface area contributed by atoms with E-state index in [1.165, 1.54) is 11.8 Å². The zero-order chi connectivity index (χ0) is 19.6. The van der Waals surface area contributed by atoms with Crippen LogP contribution in [0.3, 0.4) is 0 Å². The van der Waals surface area contributed by atoms with Gasteiger partial charge in [0.2, 0.25) is 16.0 Å². The van der Waals surface area contributed by atoms with E-state index in [1.807, 2.05) is 4.90 Å². The van der Waals surface area contributed by atoms with Crippen molar-refractivity contribution in [3.63, 3.8) is 0 Å². The molecule has 1 saturated heterocycles. The smallest absolute Gasteiger partial charge is 0.321 e. The molecule has 0 atom stereocenters. The molecular weight excluding hydrogens is 374 g/mol. The minimum atomic E-state index is -3.76. The number of hydrogen-bond acceptors (Lipinski definition) is 9. The van der Waals surface area contributed by atoms with Gasteiger partial charge in [-0.3, -0.25) is 4.68 Å². The van der Waals surface area contributed by atoms with E-state index in [4.69, 9.17) is 9.47 Å². The zero-order valence-corrected chi connectivity index (χ0v) is 16.6. The van der Waals surface area contributed by atoms with Gasteiger partial charge < -0.3 is 14.4 Å². The van der Waals surface area contributed by atoms with Gasteiger partial charge in [-0.15, -0.1) is 0 Å². The molecule has 1 N–H and O–H groups in total. The summed E-state index contributed by atoms with van der Waals surface area (Å²) >= 11 is 0. The van der Waals surface area contributed by atoms with Gasteiger partial charge in [-0.2, -0.15) is 20.1 Å². The van der Waals surface area contributed by atoms with E-state index in [1.54, 1.807) is 20.9 Å². The first-order chi connectivity index (χ1) is 12.8. The number of ether oxygens (including phenoxy) is 2. The van der Waals surface area contributed by atoms with Crippen molar-refractivity contribution in [2.75, 3.05) is 38.3 Å². The average molecular weight is 397 g/mol. The summed E-state index contributed by atoms with van der Waals surface area (Å²) in [6.45, 7) is 5.72. The van der Waals surface area contributed by atoms with Crippen LogP contribution in [-0.2, 0) is 28.4 Å². The maximum atomic E-state index is 12.7. The Morgan fingerprint density at radius 2 is 1.89 bits per heavy atom. The Morgan fingerprint density at radius 3 is 2.48 bits per heavy atom. The van der Waals surface area contributed by atoms with Crippen LogP contribution in [0.25, 0.3) is 0 Å². The molecule has 3 heterocycles. The molecule has 0 radical (unpaired) electrons. The van der Waals surface area contributed by atoms with Crippen molar-refractivity contribution in [1.29, 1.82) is 0 Å². The van der Waals surface area contributed by atoms with Crippen LogP contribution in [0.4, 0.5) is 5.95 Å². The van der Waals surface area contributed by atoms with E-state index < -0.39 is 10.0 Å². The van der Waals surface area contributed by atoms with E-state index in [-0.39, 0.29) is 23.3 Å². The number of hydrogen-bond donors (Lipinski definition) is 1. The molecule has 2 aromatic rings. The van der Waals surface area contributed by atoms with Crippen molar-refractivity contribution in [2.45, 2.75) is 25.3 Å². The Labute approximate surface area is 157 Å². The summed E-state index contributed by atoms with van der Waals surface area (Å²) in [6.07, 6.45) is 0. The highest BCUT2D eigenvalue weighted by molar-refractivity contribution is 7.89. The Balaban J connectivity index is 1.82. The number of aromatic nitrogens is 5. The Kier molecular flexibility index (Phi) is 5.58. The minimum absolute atomic E-state index is 0.0909. The highest BCUT2D eigenvalue weighted by Crippen LogP contribution is 2.19. The van der Waals surface area contributed by atoms with E-state index in [2.05, 4.69) is 24.8 Å². The second-order valence-electron chi connectivity index (χ2n) is 6.09. The van der Waals surface area contributed by atoms with Crippen LogP contribution in [-0.4, -0.2) is 66.6 Å². The van der Waals surface area contributed by atoms with Gasteiger partial charge in [0.1, 0.15) is 4.90 Å². The SMILES string of the molecule is COc1nc(CNS(=O)(=O)c2c(C)nn(C)c2C)nc(N2CCOCC2)n1. The molecule has 1 aliphatic rings. The van der Waals surface area contributed by atoms with Crippen LogP contribution in [0.15, 0.2) is 4.90 Å². The maximum Gasteiger partial charge on any atom is 0.321 e. The normalized spacial score (nSPS) is 15.2. The number of nitrogens with zero attached hydrogens (tertiary/aromatic N) is 6. The number of morpholine rings is 1. The second-order valence-corrected chi connectivity index (χ2v) is 7.79. The summed E-state index contributed by atoms with van der Waals surface area (Å²) < 4.78 is 39.9. The lowest BCUT2D eigenvalue weighted by atomic mass is 10.4. The van der Waals surface area contributed by atoms with Gasteiger partial charge in [-0.05, 0) is 13.8 Å². The molecule has 0 aliphatic carbocycles. The molecule has 0 aromatic carbocycles. The molecular formula is C15H23N7O4S. The molecule has 2 aromatic heterocycles. The largest absolute Gasteiger partial charge is 0.467 e. The van der Waals surface area contributed by atoms with Gasteiger partial charge >= 0.3 is 6.01 Å². The number of anilines is 1. The summed E-state index contributed by atoms with van der Waals surface area (Å²) in [4.78, 5) is 14.9. The molecule has 0 spiro atoms. The summed E-state index contributed by atoms with van der Waals surface area (Å²) in [6, 6.07) is 0.134. The molecule has 0 bridgehead atoms. The highest BCUT2D eigenvalue weighted by Gasteiger charge is 2.24. The van der Waals surface area contributed by atoms with Crippen molar-refractivity contribution in [2.24, 2.45) is 7.05 Å². The first-order valence-electron chi connectivity index (χ1n) is 8.43. The lowest BCUT2D eigenvalue weighted by molar-refractivity contribution is 0.122. The van der Waals surface area contributed by atoms with Crippen molar-refractivity contribution in [1.82, 2.24) is 29.5 Å². The topological polar surface area (TPSA) is 124 Å². The predicted molar refractivity (Wildman–Crippen MR) is 96.1 cm³/mol. The van der Waals surface area contributed by atoms with Crippen LogP contribution in [0.2, 0.25) is 0 Å². The lowest BCUT2D eigenvalue weighted by Crippen LogP contribution is -2.37. The molecule has 1 fully saturated rings. The van der Waals surface area contributed by atoms with Crippen LogP contribution < -0.4 is 14.4 Å². The number of aryl methyl sites for hydroxylation is 2. The van der Waals surface area contributed by atoms with E-state index >= 15 is 0 Å². The van der Waals surface area contributed by atoms with Crippen molar-refractivity contribution in [3.05, 3.63) is 17.2 Å². The van der Waals surface area contributed by atoms with Gasteiger partial charge in [0, 0.05) is 20.1 Å². The predicted octanol–water partition coefficient (Wildman–Crippen LogP) is -0.454. The summed E-state index contributed by atoms with van der Waals surface area (Å²) in [5.41, 5.74) is 0.993. The van der Waals surface area contributed by atoms with Crippen LogP contribution >= 0.6 is 0 Å². The van der Waals surface area contributed by atoms with Gasteiger partial charge in [-0.25, -0.2) is 13.1 Å². The maximum absolute atomic E-state index is 12.7. The van der Waals surface area contributed by atoms with Crippen LogP contribution in [0.5, 0.6) is 6.01 Å². The van der Waals surface area contributed by atoms with E-state index in [9.17, 15) is 8.42 Å². The molecule has 11 nitrogen and oxygen atoms in total. The number of sulfonamides is 1. The average Bonchev–Trinajstić information content (AvgIpc) is 2.93. The number of rotatable bonds is 6. The van der Waals surface area contributed by atoms with Crippen LogP contribution in [0.1, 0.15) is 17.2 Å². The van der Waals surface area contributed by atoms with Crippen molar-refractivity contribution in [3.8, 4) is 6.01 Å². The molecule has 148 valence electrons. The van der Waals surface area contributed by atoms with Gasteiger partial charge in [0.05, 0.1) is 38.3 Å². The molecule has 27 heavy (non-hydrogen) atoms. The fourth-order valence-corrected chi connectivity index (χ4v) is 4.25. The van der Waals surface area contributed by atoms with Gasteiger partial charge in [-0.1, -0.05) is 0 Å².